The molecular weight excluding hydrogens is 114 g/mol. The van der Waals surface area contributed by atoms with Crippen LogP contribution in [0.1, 0.15) is 33.1 Å². The summed E-state index contributed by atoms with van der Waals surface area (Å²) in [6.45, 7) is 3.98. The predicted molar refractivity (Wildman–Crippen MR) is 36.4 cm³/mol. The molecule has 0 amide bonds. The highest BCUT2D eigenvalue weighted by Crippen LogP contribution is 2.08. The second-order valence-electron chi connectivity index (χ2n) is 2.26. The van der Waals surface area contributed by atoms with Crippen LogP contribution in [-0.2, 0) is 0 Å². The normalized spacial score (nSPS) is 13.1. The Morgan fingerprint density at radius 3 is 2.22 bits per heavy atom. The van der Waals surface area contributed by atoms with E-state index in [1.54, 1.807) is 0 Å². The van der Waals surface area contributed by atoms with Crippen LogP contribution in [0, 0.1) is 11.3 Å². The van der Waals surface area contributed by atoms with E-state index in [-0.39, 0.29) is 5.92 Å². The van der Waals surface area contributed by atoms with Crippen LogP contribution in [0.3, 0.4) is 0 Å². The van der Waals surface area contributed by atoms with Gasteiger partial charge in [-0.1, -0.05) is 20.3 Å². The van der Waals surface area contributed by atoms with E-state index in [1.807, 2.05) is 13.8 Å². The monoisotopic (exact) mass is 128 g/mol. The fourth-order valence-electron chi connectivity index (χ4n) is 0.869. The van der Waals surface area contributed by atoms with Crippen LogP contribution < -0.4 is 5.11 Å². The van der Waals surface area contributed by atoms with Crippen molar-refractivity contribution >= 4 is 5.90 Å². The standard InChI is InChI=1S/C7H15NO/c1-3-5-6(4-2)7(8)9/h6H,3-5H2,1-2H3,(H2,8,9)/p-1. The molecule has 0 aromatic heterocycles. The maximum atomic E-state index is 10.4. The molecule has 0 saturated carbocycles. The first kappa shape index (κ1) is 8.47. The second-order valence-corrected chi connectivity index (χ2v) is 2.26. The van der Waals surface area contributed by atoms with Gasteiger partial charge in [-0.25, -0.2) is 0 Å². The predicted octanol–water partition coefficient (Wildman–Crippen LogP) is 1.15. The van der Waals surface area contributed by atoms with Crippen LogP contribution in [0.4, 0.5) is 0 Å². The summed E-state index contributed by atoms with van der Waals surface area (Å²) >= 11 is 0. The van der Waals surface area contributed by atoms with Crippen LogP contribution in [0.5, 0.6) is 0 Å². The molecule has 0 saturated heterocycles. The lowest BCUT2D eigenvalue weighted by atomic mass is 10.0. The molecule has 0 aromatic carbocycles. The van der Waals surface area contributed by atoms with Crippen molar-refractivity contribution in [1.29, 1.82) is 5.41 Å². The number of nitrogens with one attached hydrogen (secondary N) is 1. The first-order chi connectivity index (χ1) is 4.22. The van der Waals surface area contributed by atoms with Gasteiger partial charge in [0.25, 0.3) is 0 Å². The molecule has 1 unspecified atom stereocenters. The molecule has 0 fully saturated rings. The van der Waals surface area contributed by atoms with E-state index in [4.69, 9.17) is 5.41 Å². The Kier molecular flexibility index (Phi) is 4.10. The van der Waals surface area contributed by atoms with E-state index in [1.165, 1.54) is 0 Å². The molecule has 0 bridgehead atoms. The van der Waals surface area contributed by atoms with E-state index < -0.39 is 5.90 Å². The zero-order chi connectivity index (χ0) is 7.28. The summed E-state index contributed by atoms with van der Waals surface area (Å²) in [5, 5.41) is 17.2. The largest absolute Gasteiger partial charge is 0.862 e. The minimum atomic E-state index is -0.403. The van der Waals surface area contributed by atoms with Crippen molar-refractivity contribution in [2.24, 2.45) is 5.92 Å². The van der Waals surface area contributed by atoms with Crippen molar-refractivity contribution in [3.8, 4) is 0 Å². The van der Waals surface area contributed by atoms with Gasteiger partial charge in [-0.3, -0.25) is 0 Å². The summed E-state index contributed by atoms with van der Waals surface area (Å²) in [6.07, 6.45) is 2.69. The maximum Gasteiger partial charge on any atom is -0.0140 e. The van der Waals surface area contributed by atoms with Gasteiger partial charge in [0.2, 0.25) is 0 Å². The molecule has 0 aliphatic carbocycles. The van der Waals surface area contributed by atoms with Gasteiger partial charge in [0.05, 0.1) is 0 Å². The van der Waals surface area contributed by atoms with Crippen molar-refractivity contribution in [2.75, 3.05) is 0 Å². The average Bonchev–Trinajstić information content (AvgIpc) is 1.82. The summed E-state index contributed by atoms with van der Waals surface area (Å²) in [5.41, 5.74) is 0. The van der Waals surface area contributed by atoms with Gasteiger partial charge in [-0.15, -0.1) is 0 Å². The van der Waals surface area contributed by atoms with Crippen LogP contribution in [-0.4, -0.2) is 5.90 Å². The van der Waals surface area contributed by atoms with Gasteiger partial charge in [-0.2, -0.15) is 0 Å². The molecule has 54 valence electrons. The maximum absolute atomic E-state index is 10.4. The van der Waals surface area contributed by atoms with E-state index in [0.717, 1.165) is 19.3 Å². The first-order valence-corrected chi connectivity index (χ1v) is 3.47. The quantitative estimate of drug-likeness (QED) is 0.448. The number of rotatable bonds is 4. The Hall–Kier alpha value is -0.530. The molecule has 2 heteroatoms. The summed E-state index contributed by atoms with van der Waals surface area (Å²) in [7, 11) is 0. The van der Waals surface area contributed by atoms with Crippen LogP contribution in [0.25, 0.3) is 0 Å². The zero-order valence-electron chi connectivity index (χ0n) is 6.11. The molecule has 9 heavy (non-hydrogen) atoms. The van der Waals surface area contributed by atoms with Crippen molar-refractivity contribution in [1.82, 2.24) is 0 Å². The van der Waals surface area contributed by atoms with Crippen molar-refractivity contribution in [3.63, 3.8) is 0 Å². The molecule has 1 N–H and O–H groups in total. The Labute approximate surface area is 56.4 Å². The van der Waals surface area contributed by atoms with Gasteiger partial charge >= 0.3 is 0 Å². The van der Waals surface area contributed by atoms with E-state index in [0.29, 0.717) is 0 Å². The topological polar surface area (TPSA) is 46.9 Å². The molecule has 0 aromatic rings. The second kappa shape index (κ2) is 4.36. The van der Waals surface area contributed by atoms with Crippen molar-refractivity contribution in [3.05, 3.63) is 0 Å². The highest BCUT2D eigenvalue weighted by molar-refractivity contribution is 5.70. The lowest BCUT2D eigenvalue weighted by Crippen LogP contribution is -2.25. The fraction of sp³-hybridized carbons (Fsp3) is 0.857. The third kappa shape index (κ3) is 3.12. The van der Waals surface area contributed by atoms with E-state index in [9.17, 15) is 5.11 Å². The Morgan fingerprint density at radius 2 is 2.11 bits per heavy atom. The van der Waals surface area contributed by atoms with Crippen molar-refractivity contribution in [2.45, 2.75) is 33.1 Å². The number of hydrogen-bond acceptors (Lipinski definition) is 2. The minimum Gasteiger partial charge on any atom is -0.862 e. The smallest absolute Gasteiger partial charge is 0.0140 e. The molecule has 0 aliphatic heterocycles. The SMILES string of the molecule is CCCC(CC)C(=N)[O-]. The van der Waals surface area contributed by atoms with Gasteiger partial charge in [0.1, 0.15) is 0 Å². The van der Waals surface area contributed by atoms with Crippen LogP contribution >= 0.6 is 0 Å². The fourth-order valence-corrected chi connectivity index (χ4v) is 0.869. The van der Waals surface area contributed by atoms with Crippen molar-refractivity contribution < 1.29 is 5.11 Å². The third-order valence-corrected chi connectivity index (χ3v) is 1.50. The summed E-state index contributed by atoms with van der Waals surface area (Å²) in [4.78, 5) is 0. The number of hydrogen-bond donors (Lipinski definition) is 1. The van der Waals surface area contributed by atoms with Gasteiger partial charge in [0.15, 0.2) is 0 Å². The highest BCUT2D eigenvalue weighted by Gasteiger charge is 2.01. The highest BCUT2D eigenvalue weighted by atomic mass is 16.3. The van der Waals surface area contributed by atoms with E-state index >= 15 is 0 Å². The third-order valence-electron chi connectivity index (χ3n) is 1.50. The molecule has 0 rings (SSSR count). The first-order valence-electron chi connectivity index (χ1n) is 3.47. The van der Waals surface area contributed by atoms with Crippen LogP contribution in [0.2, 0.25) is 0 Å². The molecule has 2 nitrogen and oxygen atoms in total. The van der Waals surface area contributed by atoms with Crippen LogP contribution in [0.15, 0.2) is 0 Å². The molecule has 1 atom stereocenters. The van der Waals surface area contributed by atoms with Gasteiger partial charge in [-0.05, 0) is 24.7 Å². The summed E-state index contributed by atoms with van der Waals surface area (Å²) in [6, 6.07) is 0. The zero-order valence-corrected chi connectivity index (χ0v) is 6.11. The Morgan fingerprint density at radius 1 is 1.56 bits per heavy atom. The Bertz CT molecular complexity index is 90.9. The molecule has 0 heterocycles. The molecule has 0 radical (unpaired) electrons. The molecule has 0 spiro atoms. The lowest BCUT2D eigenvalue weighted by Gasteiger charge is -2.18. The average molecular weight is 128 g/mol. The lowest BCUT2D eigenvalue weighted by molar-refractivity contribution is -0.226. The Balaban J connectivity index is 3.54. The summed E-state index contributed by atoms with van der Waals surface area (Å²) < 4.78 is 0. The molecule has 0 aliphatic rings. The summed E-state index contributed by atoms with van der Waals surface area (Å²) in [5.74, 6) is -0.408. The molecular formula is C7H14NO-. The van der Waals surface area contributed by atoms with Gasteiger partial charge in [0, 0.05) is 0 Å². The van der Waals surface area contributed by atoms with Gasteiger partial charge < -0.3 is 10.5 Å². The minimum absolute atomic E-state index is 0.00463. The van der Waals surface area contributed by atoms with E-state index in [2.05, 4.69) is 0 Å².